The molecular weight excluding hydrogens is 269 g/mol. The zero-order valence-electron chi connectivity index (χ0n) is 10.6. The van der Waals surface area contributed by atoms with Gasteiger partial charge in [-0.05, 0) is 31.5 Å². The highest BCUT2D eigenvalue weighted by molar-refractivity contribution is 7.92. The number of sulfonamides is 1. The number of hydrogen-bond acceptors (Lipinski definition) is 3. The highest BCUT2D eigenvalue weighted by Crippen LogP contribution is 2.18. The maximum atomic E-state index is 13.4. The predicted octanol–water partition coefficient (Wildman–Crippen LogP) is 2.15. The predicted molar refractivity (Wildman–Crippen MR) is 69.8 cm³/mol. The molecule has 0 spiro atoms. The van der Waals surface area contributed by atoms with Gasteiger partial charge in [0.05, 0.1) is 11.9 Å². The third-order valence-corrected chi connectivity index (χ3v) is 4.00. The van der Waals surface area contributed by atoms with E-state index in [2.05, 4.69) is 9.82 Å². The Bertz CT molecular complexity index is 695. The second kappa shape index (κ2) is 5.00. The molecule has 1 heterocycles. The number of aromatic nitrogens is 2. The Morgan fingerprint density at radius 3 is 2.74 bits per heavy atom. The Morgan fingerprint density at radius 1 is 1.42 bits per heavy atom. The molecular formula is C12H14FN3O2S. The van der Waals surface area contributed by atoms with Gasteiger partial charge in [-0.1, -0.05) is 6.07 Å². The van der Waals surface area contributed by atoms with Crippen LogP contribution in [0.2, 0.25) is 0 Å². The van der Waals surface area contributed by atoms with Crippen LogP contribution in [0.3, 0.4) is 0 Å². The Hall–Kier alpha value is -1.89. The van der Waals surface area contributed by atoms with Crippen LogP contribution in [0.5, 0.6) is 0 Å². The van der Waals surface area contributed by atoms with Crippen molar-refractivity contribution in [2.75, 3.05) is 4.72 Å². The van der Waals surface area contributed by atoms with Gasteiger partial charge >= 0.3 is 0 Å². The largest absolute Gasteiger partial charge is 0.279 e. The van der Waals surface area contributed by atoms with Crippen molar-refractivity contribution in [3.63, 3.8) is 0 Å². The van der Waals surface area contributed by atoms with Gasteiger partial charge in [0.1, 0.15) is 10.7 Å². The molecule has 0 saturated carbocycles. The Morgan fingerprint density at radius 2 is 2.16 bits per heavy atom. The lowest BCUT2D eigenvalue weighted by molar-refractivity contribution is 0.600. The number of nitrogens with zero attached hydrogens (tertiary/aromatic N) is 2. The van der Waals surface area contributed by atoms with E-state index >= 15 is 0 Å². The van der Waals surface area contributed by atoms with Crippen LogP contribution in [-0.2, 0) is 16.6 Å². The minimum Gasteiger partial charge on any atom is -0.279 e. The number of nitrogens with one attached hydrogen (secondary N) is 1. The lowest BCUT2D eigenvalue weighted by Crippen LogP contribution is -2.12. The summed E-state index contributed by atoms with van der Waals surface area (Å²) in [5.41, 5.74) is 0.647. The van der Waals surface area contributed by atoms with Gasteiger partial charge in [-0.2, -0.15) is 5.10 Å². The summed E-state index contributed by atoms with van der Waals surface area (Å²) in [6, 6.07) is 4.18. The van der Waals surface area contributed by atoms with E-state index in [1.54, 1.807) is 6.92 Å². The lowest BCUT2D eigenvalue weighted by Gasteiger charge is -2.07. The van der Waals surface area contributed by atoms with Crippen molar-refractivity contribution >= 4 is 15.7 Å². The van der Waals surface area contributed by atoms with Crippen molar-refractivity contribution < 1.29 is 12.8 Å². The molecule has 102 valence electrons. The molecule has 0 unspecified atom stereocenters. The molecule has 0 aliphatic heterocycles. The van der Waals surface area contributed by atoms with Gasteiger partial charge in [-0.15, -0.1) is 0 Å². The van der Waals surface area contributed by atoms with E-state index < -0.39 is 15.8 Å². The smallest absolute Gasteiger partial charge is 0.265 e. The van der Waals surface area contributed by atoms with Crippen LogP contribution >= 0.6 is 0 Å². The van der Waals surface area contributed by atoms with E-state index in [1.165, 1.54) is 29.2 Å². The quantitative estimate of drug-likeness (QED) is 0.935. The normalized spacial score (nSPS) is 11.5. The second-order valence-corrected chi connectivity index (χ2v) is 5.78. The number of rotatable bonds is 4. The van der Waals surface area contributed by atoms with Gasteiger partial charge in [0.15, 0.2) is 0 Å². The molecule has 1 N–H and O–H groups in total. The summed E-state index contributed by atoms with van der Waals surface area (Å²) in [6.07, 6.45) is 2.68. The number of halogens is 1. The van der Waals surface area contributed by atoms with E-state index in [1.807, 2.05) is 6.92 Å². The zero-order valence-corrected chi connectivity index (χ0v) is 11.4. The molecule has 0 amide bonds. The standard InChI is InChI=1S/C12H14FN3O2S/c1-3-16-8-11(7-14-16)19(17,18)15-10-5-4-9(2)12(13)6-10/h4-8,15H,3H2,1-2H3. The summed E-state index contributed by atoms with van der Waals surface area (Å²) in [6.45, 7) is 4.04. The summed E-state index contributed by atoms with van der Waals surface area (Å²) in [5.74, 6) is -0.454. The molecule has 1 aromatic heterocycles. The first-order valence-corrected chi connectivity index (χ1v) is 7.22. The van der Waals surface area contributed by atoms with Crippen LogP contribution in [0.1, 0.15) is 12.5 Å². The molecule has 7 heteroatoms. The maximum absolute atomic E-state index is 13.4. The number of anilines is 1. The summed E-state index contributed by atoms with van der Waals surface area (Å²) in [4.78, 5) is 0.0512. The van der Waals surface area contributed by atoms with E-state index in [0.29, 0.717) is 12.1 Å². The Labute approximate surface area is 111 Å². The molecule has 0 saturated heterocycles. The Kier molecular flexibility index (Phi) is 3.57. The minimum absolute atomic E-state index is 0.0512. The molecule has 0 aliphatic rings. The number of aryl methyl sites for hydroxylation is 2. The second-order valence-electron chi connectivity index (χ2n) is 4.10. The summed E-state index contributed by atoms with van der Waals surface area (Å²) in [5, 5.41) is 3.90. The van der Waals surface area contributed by atoms with Gasteiger partial charge in [-0.3, -0.25) is 9.40 Å². The van der Waals surface area contributed by atoms with Gasteiger partial charge in [0.25, 0.3) is 10.0 Å². The number of benzene rings is 1. The first-order chi connectivity index (χ1) is 8.92. The average Bonchev–Trinajstić information content (AvgIpc) is 2.83. The lowest BCUT2D eigenvalue weighted by atomic mass is 10.2. The SMILES string of the molecule is CCn1cc(S(=O)(=O)Nc2ccc(C)c(F)c2)cn1. The Balaban J connectivity index is 2.28. The fourth-order valence-corrected chi connectivity index (χ4v) is 2.53. The van der Waals surface area contributed by atoms with Crippen molar-refractivity contribution in [1.29, 1.82) is 0 Å². The topological polar surface area (TPSA) is 64.0 Å². The van der Waals surface area contributed by atoms with Gasteiger partial charge in [-0.25, -0.2) is 12.8 Å². The van der Waals surface area contributed by atoms with E-state index in [0.717, 1.165) is 6.07 Å². The molecule has 1 aromatic carbocycles. The van der Waals surface area contributed by atoms with Crippen molar-refractivity contribution in [2.45, 2.75) is 25.3 Å². The number of hydrogen-bond donors (Lipinski definition) is 1. The van der Waals surface area contributed by atoms with Crippen LogP contribution in [0, 0.1) is 12.7 Å². The first kappa shape index (κ1) is 13.5. The third-order valence-electron chi connectivity index (χ3n) is 2.67. The summed E-state index contributed by atoms with van der Waals surface area (Å²) < 4.78 is 41.3. The maximum Gasteiger partial charge on any atom is 0.265 e. The van der Waals surface area contributed by atoms with Crippen LogP contribution in [-0.4, -0.2) is 18.2 Å². The highest BCUT2D eigenvalue weighted by atomic mass is 32.2. The monoisotopic (exact) mass is 283 g/mol. The summed E-state index contributed by atoms with van der Waals surface area (Å²) in [7, 11) is -3.73. The molecule has 0 bridgehead atoms. The fourth-order valence-electron chi connectivity index (χ4n) is 1.53. The van der Waals surface area contributed by atoms with E-state index in [-0.39, 0.29) is 10.6 Å². The third kappa shape index (κ3) is 2.93. The van der Waals surface area contributed by atoms with Gasteiger partial charge in [0, 0.05) is 12.7 Å². The fraction of sp³-hybridized carbons (Fsp3) is 0.250. The van der Waals surface area contributed by atoms with Crippen LogP contribution in [0.4, 0.5) is 10.1 Å². The molecule has 0 radical (unpaired) electrons. The van der Waals surface area contributed by atoms with Crippen molar-refractivity contribution in [3.8, 4) is 0 Å². The molecule has 0 fully saturated rings. The molecule has 0 aliphatic carbocycles. The molecule has 5 nitrogen and oxygen atoms in total. The molecule has 19 heavy (non-hydrogen) atoms. The molecule has 2 rings (SSSR count). The van der Waals surface area contributed by atoms with Crippen LogP contribution in [0.15, 0.2) is 35.5 Å². The van der Waals surface area contributed by atoms with Crippen molar-refractivity contribution in [1.82, 2.24) is 9.78 Å². The average molecular weight is 283 g/mol. The highest BCUT2D eigenvalue weighted by Gasteiger charge is 2.16. The summed E-state index contributed by atoms with van der Waals surface area (Å²) >= 11 is 0. The van der Waals surface area contributed by atoms with Crippen LogP contribution < -0.4 is 4.72 Å². The molecule has 2 aromatic rings. The first-order valence-electron chi connectivity index (χ1n) is 5.74. The van der Waals surface area contributed by atoms with E-state index in [4.69, 9.17) is 0 Å². The van der Waals surface area contributed by atoms with Crippen molar-refractivity contribution in [3.05, 3.63) is 42.0 Å². The van der Waals surface area contributed by atoms with E-state index in [9.17, 15) is 12.8 Å². The molecule has 0 atom stereocenters. The van der Waals surface area contributed by atoms with Gasteiger partial charge in [0.2, 0.25) is 0 Å². The van der Waals surface area contributed by atoms with Crippen LogP contribution in [0.25, 0.3) is 0 Å². The van der Waals surface area contributed by atoms with Gasteiger partial charge < -0.3 is 0 Å². The van der Waals surface area contributed by atoms with Crippen molar-refractivity contribution in [2.24, 2.45) is 0 Å². The zero-order chi connectivity index (χ0) is 14.0. The minimum atomic E-state index is -3.73.